The Labute approximate surface area is 124 Å². The van der Waals surface area contributed by atoms with E-state index in [1.807, 2.05) is 18.7 Å². The molecule has 0 aliphatic carbocycles. The van der Waals surface area contributed by atoms with Crippen molar-refractivity contribution >= 4 is 6.03 Å². The fourth-order valence-corrected chi connectivity index (χ4v) is 2.53. The lowest BCUT2D eigenvalue weighted by atomic mass is 10.2. The lowest BCUT2D eigenvalue weighted by Crippen LogP contribution is -2.44. The van der Waals surface area contributed by atoms with Crippen molar-refractivity contribution in [3.8, 4) is 0 Å². The fraction of sp³-hybridized carbons (Fsp3) is 0.933. The normalized spacial score (nSPS) is 17.1. The zero-order valence-electron chi connectivity index (χ0n) is 13.5. The van der Waals surface area contributed by atoms with Crippen molar-refractivity contribution in [2.24, 2.45) is 0 Å². The maximum absolute atomic E-state index is 11.7. The smallest absolute Gasteiger partial charge is 0.317 e. The summed E-state index contributed by atoms with van der Waals surface area (Å²) in [6.45, 7) is 12.4. The van der Waals surface area contributed by atoms with Crippen LogP contribution in [0.4, 0.5) is 4.79 Å². The quantitative estimate of drug-likeness (QED) is 0.686. The van der Waals surface area contributed by atoms with Crippen LogP contribution < -0.4 is 5.32 Å². The van der Waals surface area contributed by atoms with Gasteiger partial charge >= 0.3 is 6.03 Å². The highest BCUT2D eigenvalue weighted by Gasteiger charge is 2.12. The number of likely N-dealkylation sites (N-methyl/N-ethyl adjacent to an activating group) is 1. The van der Waals surface area contributed by atoms with Gasteiger partial charge in [0, 0.05) is 45.8 Å². The number of amides is 2. The maximum atomic E-state index is 11.7. The lowest BCUT2D eigenvalue weighted by molar-refractivity contribution is 0.152. The second kappa shape index (κ2) is 10.00. The van der Waals surface area contributed by atoms with Gasteiger partial charge < -0.3 is 20.0 Å². The second-order valence-electron chi connectivity index (χ2n) is 5.61. The van der Waals surface area contributed by atoms with Gasteiger partial charge in [-0.25, -0.2) is 4.79 Å². The summed E-state index contributed by atoms with van der Waals surface area (Å²) in [5, 5.41) is 3.00. The summed E-state index contributed by atoms with van der Waals surface area (Å²) < 4.78 is 0. The Bertz CT molecular complexity index is 261. The molecule has 1 fully saturated rings. The highest BCUT2D eigenvalue weighted by molar-refractivity contribution is 5.73. The van der Waals surface area contributed by atoms with E-state index in [4.69, 9.17) is 0 Å². The van der Waals surface area contributed by atoms with Crippen molar-refractivity contribution in [3.63, 3.8) is 0 Å². The molecule has 0 unspecified atom stereocenters. The molecule has 1 aliphatic heterocycles. The molecular weight excluding hydrogens is 252 g/mol. The summed E-state index contributed by atoms with van der Waals surface area (Å²) in [5.74, 6) is 0. The summed E-state index contributed by atoms with van der Waals surface area (Å²) in [4.78, 5) is 18.5. The first-order valence-corrected chi connectivity index (χ1v) is 8.11. The Morgan fingerprint density at radius 1 is 1.05 bits per heavy atom. The number of piperazine rings is 1. The van der Waals surface area contributed by atoms with E-state index in [0.29, 0.717) is 0 Å². The van der Waals surface area contributed by atoms with Crippen LogP contribution in [0.2, 0.25) is 0 Å². The third-order valence-corrected chi connectivity index (χ3v) is 4.07. The molecule has 0 atom stereocenters. The van der Waals surface area contributed by atoms with Crippen LogP contribution >= 0.6 is 0 Å². The molecule has 0 bridgehead atoms. The van der Waals surface area contributed by atoms with Crippen LogP contribution in [0.5, 0.6) is 0 Å². The Morgan fingerprint density at radius 3 is 2.30 bits per heavy atom. The van der Waals surface area contributed by atoms with E-state index in [2.05, 4.69) is 22.2 Å². The standard InChI is InChI=1S/C15H32N4O/c1-4-19(5-2)15(20)16-9-7-6-8-10-18-13-11-17(3)12-14-18/h4-14H2,1-3H3,(H,16,20). The molecule has 5 nitrogen and oxygen atoms in total. The highest BCUT2D eigenvalue weighted by Crippen LogP contribution is 2.03. The maximum Gasteiger partial charge on any atom is 0.317 e. The Kier molecular flexibility index (Phi) is 8.62. The van der Waals surface area contributed by atoms with E-state index >= 15 is 0 Å². The Hall–Kier alpha value is -0.810. The molecule has 0 radical (unpaired) electrons. The summed E-state index contributed by atoms with van der Waals surface area (Å²) in [5.41, 5.74) is 0. The van der Waals surface area contributed by atoms with Crippen molar-refractivity contribution in [1.29, 1.82) is 0 Å². The van der Waals surface area contributed by atoms with Crippen LogP contribution in [-0.2, 0) is 0 Å². The van der Waals surface area contributed by atoms with Crippen LogP contribution in [0.25, 0.3) is 0 Å². The second-order valence-corrected chi connectivity index (χ2v) is 5.61. The van der Waals surface area contributed by atoms with Crippen molar-refractivity contribution < 1.29 is 4.79 Å². The van der Waals surface area contributed by atoms with E-state index in [0.717, 1.165) is 26.1 Å². The average molecular weight is 284 g/mol. The summed E-state index contributed by atoms with van der Waals surface area (Å²) in [7, 11) is 2.19. The van der Waals surface area contributed by atoms with Crippen molar-refractivity contribution in [2.45, 2.75) is 33.1 Å². The molecular formula is C15H32N4O. The predicted octanol–water partition coefficient (Wildman–Crippen LogP) is 1.46. The first kappa shape index (κ1) is 17.2. The highest BCUT2D eigenvalue weighted by atomic mass is 16.2. The molecule has 1 rings (SSSR count). The molecule has 1 saturated heterocycles. The zero-order valence-corrected chi connectivity index (χ0v) is 13.5. The van der Waals surface area contributed by atoms with Gasteiger partial charge in [-0.3, -0.25) is 0 Å². The van der Waals surface area contributed by atoms with E-state index < -0.39 is 0 Å². The monoisotopic (exact) mass is 284 g/mol. The number of nitrogens with one attached hydrogen (secondary N) is 1. The van der Waals surface area contributed by atoms with Crippen LogP contribution in [0.1, 0.15) is 33.1 Å². The summed E-state index contributed by atoms with van der Waals surface area (Å²) >= 11 is 0. The minimum Gasteiger partial charge on any atom is -0.338 e. The first-order valence-electron chi connectivity index (χ1n) is 8.11. The number of hydrogen-bond acceptors (Lipinski definition) is 3. The minimum absolute atomic E-state index is 0.0778. The van der Waals surface area contributed by atoms with Crippen LogP contribution in [-0.4, -0.2) is 80.1 Å². The van der Waals surface area contributed by atoms with Crippen molar-refractivity contribution in [3.05, 3.63) is 0 Å². The largest absolute Gasteiger partial charge is 0.338 e. The van der Waals surface area contributed by atoms with Gasteiger partial charge in [0.1, 0.15) is 0 Å². The van der Waals surface area contributed by atoms with Crippen LogP contribution in [0.3, 0.4) is 0 Å². The zero-order chi connectivity index (χ0) is 14.8. The first-order chi connectivity index (χ1) is 9.67. The van der Waals surface area contributed by atoms with Gasteiger partial charge in [0.2, 0.25) is 0 Å². The van der Waals surface area contributed by atoms with Gasteiger partial charge in [0.05, 0.1) is 0 Å². The lowest BCUT2D eigenvalue weighted by Gasteiger charge is -2.32. The minimum atomic E-state index is 0.0778. The summed E-state index contributed by atoms with van der Waals surface area (Å²) in [6.07, 6.45) is 3.52. The number of urea groups is 1. The fourth-order valence-electron chi connectivity index (χ4n) is 2.53. The molecule has 20 heavy (non-hydrogen) atoms. The van der Waals surface area contributed by atoms with E-state index in [1.54, 1.807) is 0 Å². The Morgan fingerprint density at radius 2 is 1.70 bits per heavy atom. The van der Waals surface area contributed by atoms with Gasteiger partial charge in [0.25, 0.3) is 0 Å². The third kappa shape index (κ3) is 6.57. The SMILES string of the molecule is CCN(CC)C(=O)NCCCCCN1CCN(C)CC1. The molecule has 0 spiro atoms. The molecule has 2 amide bonds. The molecule has 0 aromatic heterocycles. The topological polar surface area (TPSA) is 38.8 Å². The number of nitrogens with zero attached hydrogens (tertiary/aromatic N) is 3. The molecule has 0 saturated carbocycles. The van der Waals surface area contributed by atoms with E-state index in [1.165, 1.54) is 45.6 Å². The van der Waals surface area contributed by atoms with Gasteiger partial charge in [-0.05, 0) is 40.3 Å². The van der Waals surface area contributed by atoms with E-state index in [-0.39, 0.29) is 6.03 Å². The van der Waals surface area contributed by atoms with E-state index in [9.17, 15) is 4.79 Å². The van der Waals surface area contributed by atoms with Gasteiger partial charge in [-0.15, -0.1) is 0 Å². The number of rotatable bonds is 8. The van der Waals surface area contributed by atoms with Crippen molar-refractivity contribution in [1.82, 2.24) is 20.0 Å². The summed E-state index contributed by atoms with van der Waals surface area (Å²) in [6, 6.07) is 0.0778. The van der Waals surface area contributed by atoms with Gasteiger partial charge in [-0.2, -0.15) is 0 Å². The number of unbranched alkanes of at least 4 members (excludes halogenated alkanes) is 2. The van der Waals surface area contributed by atoms with Gasteiger partial charge in [-0.1, -0.05) is 6.42 Å². The third-order valence-electron chi connectivity index (χ3n) is 4.07. The number of carbonyl (C=O) groups excluding carboxylic acids is 1. The van der Waals surface area contributed by atoms with Gasteiger partial charge in [0.15, 0.2) is 0 Å². The number of carbonyl (C=O) groups is 1. The predicted molar refractivity (Wildman–Crippen MR) is 84.1 cm³/mol. The van der Waals surface area contributed by atoms with Crippen molar-refractivity contribution in [2.75, 3.05) is 59.4 Å². The average Bonchev–Trinajstić information content (AvgIpc) is 2.46. The molecule has 5 heteroatoms. The number of hydrogen-bond donors (Lipinski definition) is 1. The molecule has 1 N–H and O–H groups in total. The molecule has 0 aromatic carbocycles. The molecule has 1 heterocycles. The van der Waals surface area contributed by atoms with Crippen LogP contribution in [0.15, 0.2) is 0 Å². The Balaban J connectivity index is 1.96. The molecule has 118 valence electrons. The molecule has 0 aromatic rings. The van der Waals surface area contributed by atoms with Crippen LogP contribution in [0, 0.1) is 0 Å². The molecule has 1 aliphatic rings.